The van der Waals surface area contributed by atoms with Crippen LogP contribution >= 0.6 is 11.3 Å². The van der Waals surface area contributed by atoms with Crippen molar-refractivity contribution in [3.05, 3.63) is 29.5 Å². The van der Waals surface area contributed by atoms with Crippen LogP contribution in [-0.2, 0) is 0 Å². The Labute approximate surface area is 97.5 Å². The number of thiazole rings is 1. The van der Waals surface area contributed by atoms with Gasteiger partial charge in [-0.15, -0.1) is 11.3 Å². The molecule has 3 N–H and O–H groups in total. The summed E-state index contributed by atoms with van der Waals surface area (Å²) in [6.07, 6.45) is 5.91. The van der Waals surface area contributed by atoms with E-state index in [4.69, 9.17) is 5.73 Å². The normalized spacial score (nSPS) is 15.0. The van der Waals surface area contributed by atoms with Gasteiger partial charge < -0.3 is 11.1 Å². The Kier molecular flexibility index (Phi) is 2.25. The van der Waals surface area contributed by atoms with Crippen LogP contribution in [-0.4, -0.2) is 9.97 Å². The fourth-order valence-corrected chi connectivity index (χ4v) is 2.35. The monoisotopic (exact) mass is 232 g/mol. The summed E-state index contributed by atoms with van der Waals surface area (Å²) in [4.78, 5) is 8.49. The zero-order valence-electron chi connectivity index (χ0n) is 8.68. The van der Waals surface area contributed by atoms with E-state index in [2.05, 4.69) is 20.7 Å². The molecule has 5 heteroatoms. The van der Waals surface area contributed by atoms with Gasteiger partial charge in [-0.3, -0.25) is 4.98 Å². The van der Waals surface area contributed by atoms with Gasteiger partial charge in [0, 0.05) is 17.5 Å². The van der Waals surface area contributed by atoms with Gasteiger partial charge in [0.1, 0.15) is 0 Å². The number of anilines is 3. The molecule has 1 fully saturated rings. The zero-order valence-corrected chi connectivity index (χ0v) is 9.50. The molecule has 0 bridgehead atoms. The summed E-state index contributed by atoms with van der Waals surface area (Å²) in [7, 11) is 0. The van der Waals surface area contributed by atoms with Crippen molar-refractivity contribution in [3.8, 4) is 0 Å². The predicted octanol–water partition coefficient (Wildman–Crippen LogP) is 2.74. The molecule has 1 aliphatic rings. The Bertz CT molecular complexity index is 504. The van der Waals surface area contributed by atoms with Crippen molar-refractivity contribution in [3.63, 3.8) is 0 Å². The lowest BCUT2D eigenvalue weighted by Gasteiger charge is -2.04. The lowest BCUT2D eigenvalue weighted by Crippen LogP contribution is -1.96. The molecular formula is C11H12N4S. The van der Waals surface area contributed by atoms with Crippen molar-refractivity contribution >= 4 is 27.8 Å². The average Bonchev–Trinajstić information content (AvgIpc) is 3.03. The molecule has 82 valence electrons. The van der Waals surface area contributed by atoms with Gasteiger partial charge in [0.05, 0.1) is 23.3 Å². The van der Waals surface area contributed by atoms with E-state index in [0.29, 0.717) is 11.6 Å². The lowest BCUT2D eigenvalue weighted by atomic mass is 10.3. The first kappa shape index (κ1) is 9.59. The van der Waals surface area contributed by atoms with Crippen LogP contribution < -0.4 is 11.1 Å². The van der Waals surface area contributed by atoms with Crippen LogP contribution in [0.5, 0.6) is 0 Å². The summed E-state index contributed by atoms with van der Waals surface area (Å²) >= 11 is 1.62. The van der Waals surface area contributed by atoms with Gasteiger partial charge in [-0.05, 0) is 18.9 Å². The van der Waals surface area contributed by atoms with Gasteiger partial charge in [-0.1, -0.05) is 0 Å². The number of pyridine rings is 1. The lowest BCUT2D eigenvalue weighted by molar-refractivity contribution is 1.05. The second kappa shape index (κ2) is 3.75. The Balaban J connectivity index is 1.80. The highest BCUT2D eigenvalue weighted by Crippen LogP contribution is 2.41. The molecular weight excluding hydrogens is 220 g/mol. The maximum atomic E-state index is 5.80. The molecule has 4 nitrogen and oxygen atoms in total. The molecule has 0 saturated heterocycles. The van der Waals surface area contributed by atoms with E-state index in [1.807, 2.05) is 6.07 Å². The maximum absolute atomic E-state index is 5.80. The number of nitrogens with two attached hydrogens (primary N) is 1. The number of rotatable bonds is 3. The van der Waals surface area contributed by atoms with E-state index in [0.717, 1.165) is 10.8 Å². The second-order valence-electron chi connectivity index (χ2n) is 3.94. The van der Waals surface area contributed by atoms with E-state index >= 15 is 0 Å². The zero-order chi connectivity index (χ0) is 11.0. The Hall–Kier alpha value is -1.62. The van der Waals surface area contributed by atoms with Crippen molar-refractivity contribution in [2.75, 3.05) is 11.1 Å². The summed E-state index contributed by atoms with van der Waals surface area (Å²) in [5.74, 6) is 0.696. The van der Waals surface area contributed by atoms with Crippen molar-refractivity contribution in [1.82, 2.24) is 9.97 Å². The molecule has 0 radical (unpaired) electrons. The van der Waals surface area contributed by atoms with Gasteiger partial charge in [0.2, 0.25) is 0 Å². The molecule has 3 rings (SSSR count). The maximum Gasteiger partial charge on any atom is 0.187 e. The largest absolute Gasteiger partial charge is 0.396 e. The van der Waals surface area contributed by atoms with Crippen molar-refractivity contribution in [2.24, 2.45) is 0 Å². The van der Waals surface area contributed by atoms with Crippen LogP contribution in [0, 0.1) is 0 Å². The van der Waals surface area contributed by atoms with Gasteiger partial charge in [-0.2, -0.15) is 0 Å². The number of nitrogens with zero attached hydrogens (tertiary/aromatic N) is 2. The van der Waals surface area contributed by atoms with Crippen molar-refractivity contribution in [2.45, 2.75) is 18.8 Å². The van der Waals surface area contributed by atoms with Gasteiger partial charge in [0.25, 0.3) is 0 Å². The molecule has 2 heterocycles. The van der Waals surface area contributed by atoms with Gasteiger partial charge >= 0.3 is 0 Å². The number of hydrogen-bond donors (Lipinski definition) is 2. The molecule has 1 saturated carbocycles. The minimum atomic E-state index is 0.644. The summed E-state index contributed by atoms with van der Waals surface area (Å²) in [6.45, 7) is 0. The Morgan fingerprint density at radius 1 is 1.44 bits per heavy atom. The third-order valence-electron chi connectivity index (χ3n) is 2.61. The molecule has 0 spiro atoms. The predicted molar refractivity (Wildman–Crippen MR) is 66.0 cm³/mol. The van der Waals surface area contributed by atoms with E-state index in [1.54, 1.807) is 23.7 Å². The third kappa shape index (κ3) is 1.86. The van der Waals surface area contributed by atoms with E-state index < -0.39 is 0 Å². The van der Waals surface area contributed by atoms with E-state index in [-0.39, 0.29) is 0 Å². The summed E-state index contributed by atoms with van der Waals surface area (Å²) < 4.78 is 0. The van der Waals surface area contributed by atoms with E-state index in [9.17, 15) is 0 Å². The highest BCUT2D eigenvalue weighted by molar-refractivity contribution is 7.13. The highest BCUT2D eigenvalue weighted by Gasteiger charge is 2.26. The summed E-state index contributed by atoms with van der Waals surface area (Å²) in [6, 6.07) is 1.85. The smallest absolute Gasteiger partial charge is 0.187 e. The van der Waals surface area contributed by atoms with Crippen LogP contribution in [0.15, 0.2) is 23.8 Å². The Morgan fingerprint density at radius 3 is 3.06 bits per heavy atom. The van der Waals surface area contributed by atoms with Crippen molar-refractivity contribution in [1.29, 1.82) is 0 Å². The summed E-state index contributed by atoms with van der Waals surface area (Å²) in [5.41, 5.74) is 8.52. The molecule has 16 heavy (non-hydrogen) atoms. The standard InChI is InChI=1S/C11H12N4S/c12-8-5-13-4-3-9(8)14-11-15-10(6-16-11)7-1-2-7/h3-7H,1-2,12H2,(H,13,14,15). The first-order valence-electron chi connectivity index (χ1n) is 5.25. The van der Waals surface area contributed by atoms with Crippen LogP contribution in [0.2, 0.25) is 0 Å². The summed E-state index contributed by atoms with van der Waals surface area (Å²) in [5, 5.41) is 6.24. The fraction of sp³-hybridized carbons (Fsp3) is 0.273. The average molecular weight is 232 g/mol. The van der Waals surface area contributed by atoms with Crippen LogP contribution in [0.4, 0.5) is 16.5 Å². The minimum Gasteiger partial charge on any atom is -0.396 e. The number of aromatic nitrogens is 2. The quantitative estimate of drug-likeness (QED) is 0.854. The van der Waals surface area contributed by atoms with Crippen LogP contribution in [0.1, 0.15) is 24.5 Å². The number of nitrogens with one attached hydrogen (secondary N) is 1. The fourth-order valence-electron chi connectivity index (χ4n) is 1.55. The van der Waals surface area contributed by atoms with Crippen LogP contribution in [0.25, 0.3) is 0 Å². The second-order valence-corrected chi connectivity index (χ2v) is 4.80. The van der Waals surface area contributed by atoms with Crippen molar-refractivity contribution < 1.29 is 0 Å². The van der Waals surface area contributed by atoms with Crippen LogP contribution in [0.3, 0.4) is 0 Å². The first-order valence-corrected chi connectivity index (χ1v) is 6.13. The topological polar surface area (TPSA) is 63.8 Å². The third-order valence-corrected chi connectivity index (χ3v) is 3.39. The number of nitrogen functional groups attached to an aromatic ring is 1. The molecule has 0 unspecified atom stereocenters. The molecule has 0 amide bonds. The highest BCUT2D eigenvalue weighted by atomic mass is 32.1. The Morgan fingerprint density at radius 2 is 2.31 bits per heavy atom. The number of hydrogen-bond acceptors (Lipinski definition) is 5. The molecule has 2 aromatic rings. The SMILES string of the molecule is Nc1cnccc1Nc1nc(C2CC2)cs1. The molecule has 0 atom stereocenters. The molecule has 1 aliphatic carbocycles. The van der Waals surface area contributed by atoms with E-state index in [1.165, 1.54) is 18.5 Å². The molecule has 2 aromatic heterocycles. The van der Waals surface area contributed by atoms with Gasteiger partial charge in [-0.25, -0.2) is 4.98 Å². The molecule has 0 aromatic carbocycles. The molecule has 0 aliphatic heterocycles. The minimum absolute atomic E-state index is 0.644. The first-order chi connectivity index (χ1) is 7.83. The van der Waals surface area contributed by atoms with Gasteiger partial charge in [0.15, 0.2) is 5.13 Å².